The summed E-state index contributed by atoms with van der Waals surface area (Å²) in [6, 6.07) is 24.8. The van der Waals surface area contributed by atoms with Gasteiger partial charge in [0.2, 0.25) is 5.88 Å². The van der Waals surface area contributed by atoms with Crippen LogP contribution in [0.1, 0.15) is 11.1 Å². The lowest BCUT2D eigenvalue weighted by Gasteiger charge is -2.10. The van der Waals surface area contributed by atoms with Crippen LogP contribution < -0.4 is 10.5 Å². The molecule has 4 rings (SSSR count). The number of hydrogen-bond acceptors (Lipinski definition) is 5. The standard InChI is InChI=1S/C23H17ClN4O/c24-21-19(29-20-12-11-18(25)15-27-20)13-14-26-23(21)28-22(16-7-3-1-4-8-16)17-9-5-2-6-10-17/h1-15H,25H2. The molecule has 0 amide bonds. The van der Waals surface area contributed by atoms with E-state index in [-0.39, 0.29) is 0 Å². The molecule has 2 aromatic heterocycles. The zero-order chi connectivity index (χ0) is 20.1. The van der Waals surface area contributed by atoms with Crippen molar-refractivity contribution in [2.24, 2.45) is 4.99 Å². The smallest absolute Gasteiger partial charge is 0.219 e. The lowest BCUT2D eigenvalue weighted by Crippen LogP contribution is -2.03. The van der Waals surface area contributed by atoms with E-state index in [1.807, 2.05) is 60.7 Å². The van der Waals surface area contributed by atoms with Crippen LogP contribution in [-0.4, -0.2) is 15.7 Å². The highest BCUT2D eigenvalue weighted by molar-refractivity contribution is 6.34. The van der Waals surface area contributed by atoms with Crippen LogP contribution >= 0.6 is 11.6 Å². The maximum atomic E-state index is 6.56. The lowest BCUT2D eigenvalue weighted by molar-refractivity contribution is 0.463. The zero-order valence-electron chi connectivity index (χ0n) is 15.4. The number of rotatable bonds is 5. The number of nitrogen functional groups attached to an aromatic ring is 1. The third-order valence-corrected chi connectivity index (χ3v) is 4.48. The summed E-state index contributed by atoms with van der Waals surface area (Å²) in [6.45, 7) is 0. The van der Waals surface area contributed by atoms with Gasteiger partial charge in [0.15, 0.2) is 11.6 Å². The summed E-state index contributed by atoms with van der Waals surface area (Å²) in [5.41, 5.74) is 8.91. The van der Waals surface area contributed by atoms with Gasteiger partial charge in [-0.1, -0.05) is 72.3 Å². The van der Waals surface area contributed by atoms with Crippen molar-refractivity contribution < 1.29 is 4.74 Å². The maximum Gasteiger partial charge on any atom is 0.219 e. The molecule has 0 aliphatic carbocycles. The monoisotopic (exact) mass is 400 g/mol. The van der Waals surface area contributed by atoms with Crippen LogP contribution in [0.25, 0.3) is 0 Å². The van der Waals surface area contributed by atoms with Gasteiger partial charge in [-0.15, -0.1) is 0 Å². The Morgan fingerprint density at radius 1 is 0.828 bits per heavy atom. The first-order chi connectivity index (χ1) is 14.2. The van der Waals surface area contributed by atoms with Gasteiger partial charge in [0.05, 0.1) is 17.6 Å². The molecule has 6 heteroatoms. The Morgan fingerprint density at radius 2 is 1.48 bits per heavy atom. The number of pyridine rings is 2. The van der Waals surface area contributed by atoms with Crippen molar-refractivity contribution in [2.75, 3.05) is 5.73 Å². The average molecular weight is 401 g/mol. The fourth-order valence-electron chi connectivity index (χ4n) is 2.73. The predicted molar refractivity (Wildman–Crippen MR) is 116 cm³/mol. The largest absolute Gasteiger partial charge is 0.437 e. The highest BCUT2D eigenvalue weighted by Crippen LogP contribution is 2.35. The maximum absolute atomic E-state index is 6.56. The van der Waals surface area contributed by atoms with Crippen LogP contribution in [0.5, 0.6) is 11.6 Å². The van der Waals surface area contributed by atoms with Gasteiger partial charge in [0, 0.05) is 29.5 Å². The van der Waals surface area contributed by atoms with E-state index in [0.29, 0.717) is 28.2 Å². The quantitative estimate of drug-likeness (QED) is 0.438. The van der Waals surface area contributed by atoms with Gasteiger partial charge in [0.1, 0.15) is 5.02 Å². The number of aliphatic imine (C=N–C) groups is 1. The molecule has 0 fully saturated rings. The number of hydrogen-bond donors (Lipinski definition) is 1. The van der Waals surface area contributed by atoms with E-state index in [9.17, 15) is 0 Å². The molecule has 0 saturated carbocycles. The van der Waals surface area contributed by atoms with E-state index in [2.05, 4.69) is 9.97 Å². The van der Waals surface area contributed by atoms with Crippen molar-refractivity contribution in [3.63, 3.8) is 0 Å². The van der Waals surface area contributed by atoms with E-state index >= 15 is 0 Å². The van der Waals surface area contributed by atoms with Gasteiger partial charge in [-0.2, -0.15) is 0 Å². The molecule has 2 heterocycles. The van der Waals surface area contributed by atoms with Crippen LogP contribution in [0.2, 0.25) is 5.02 Å². The zero-order valence-corrected chi connectivity index (χ0v) is 16.1. The number of nitrogens with zero attached hydrogens (tertiary/aromatic N) is 3. The molecule has 0 atom stereocenters. The van der Waals surface area contributed by atoms with E-state index in [4.69, 9.17) is 27.1 Å². The summed E-state index contributed by atoms with van der Waals surface area (Å²) in [5.74, 6) is 1.16. The number of benzene rings is 2. The second-order valence-corrected chi connectivity index (χ2v) is 6.55. The number of halogens is 1. The fourth-order valence-corrected chi connectivity index (χ4v) is 2.92. The molecular formula is C23H17ClN4O. The molecule has 0 bridgehead atoms. The van der Waals surface area contributed by atoms with Gasteiger partial charge in [0.25, 0.3) is 0 Å². The van der Waals surface area contributed by atoms with Crippen molar-refractivity contribution >= 4 is 28.8 Å². The van der Waals surface area contributed by atoms with Crippen molar-refractivity contribution in [1.82, 2.24) is 9.97 Å². The van der Waals surface area contributed by atoms with Crippen molar-refractivity contribution in [2.45, 2.75) is 0 Å². The van der Waals surface area contributed by atoms with Gasteiger partial charge in [-0.25, -0.2) is 15.0 Å². The number of ether oxygens (including phenoxy) is 1. The molecular weight excluding hydrogens is 384 g/mol. The molecule has 0 unspecified atom stereocenters. The molecule has 2 aromatic carbocycles. The second-order valence-electron chi connectivity index (χ2n) is 6.17. The summed E-state index contributed by atoms with van der Waals surface area (Å²) in [7, 11) is 0. The van der Waals surface area contributed by atoms with Gasteiger partial charge >= 0.3 is 0 Å². The third kappa shape index (κ3) is 4.42. The van der Waals surface area contributed by atoms with E-state index in [1.165, 1.54) is 6.20 Å². The first kappa shape index (κ1) is 18.7. The Labute approximate surface area is 173 Å². The fraction of sp³-hybridized carbons (Fsp3) is 0. The topological polar surface area (TPSA) is 73.4 Å². The van der Waals surface area contributed by atoms with Crippen molar-refractivity contribution in [3.8, 4) is 11.6 Å². The summed E-state index contributed by atoms with van der Waals surface area (Å²) < 4.78 is 5.79. The Morgan fingerprint density at radius 3 is 2.07 bits per heavy atom. The summed E-state index contributed by atoms with van der Waals surface area (Å²) >= 11 is 6.56. The van der Waals surface area contributed by atoms with E-state index in [0.717, 1.165) is 16.8 Å². The first-order valence-electron chi connectivity index (χ1n) is 8.94. The molecule has 0 saturated heterocycles. The summed E-state index contributed by atoms with van der Waals surface area (Å²) in [6.07, 6.45) is 3.12. The van der Waals surface area contributed by atoms with Crippen molar-refractivity contribution in [3.05, 3.63) is 107 Å². The molecule has 142 valence electrons. The summed E-state index contributed by atoms with van der Waals surface area (Å²) in [4.78, 5) is 13.3. The van der Waals surface area contributed by atoms with Crippen molar-refractivity contribution in [1.29, 1.82) is 0 Å². The highest BCUT2D eigenvalue weighted by atomic mass is 35.5. The molecule has 0 spiro atoms. The van der Waals surface area contributed by atoms with Crippen LogP contribution in [0.3, 0.4) is 0 Å². The Hall–Kier alpha value is -3.70. The molecule has 4 aromatic rings. The van der Waals surface area contributed by atoms with Gasteiger partial charge in [-0.3, -0.25) is 0 Å². The predicted octanol–water partition coefficient (Wildman–Crippen LogP) is 5.67. The number of aromatic nitrogens is 2. The van der Waals surface area contributed by atoms with Crippen LogP contribution in [0.15, 0.2) is 96.2 Å². The SMILES string of the molecule is Nc1ccc(Oc2ccnc(N=C(c3ccccc3)c3ccccc3)c2Cl)nc1. The van der Waals surface area contributed by atoms with E-state index < -0.39 is 0 Å². The third-order valence-electron chi connectivity index (χ3n) is 4.12. The first-order valence-corrected chi connectivity index (χ1v) is 9.32. The number of nitrogens with two attached hydrogens (primary N) is 1. The number of anilines is 1. The molecule has 0 radical (unpaired) electrons. The second kappa shape index (κ2) is 8.54. The summed E-state index contributed by atoms with van der Waals surface area (Å²) in [5, 5.41) is 0.301. The highest BCUT2D eigenvalue weighted by Gasteiger charge is 2.13. The average Bonchev–Trinajstić information content (AvgIpc) is 2.77. The minimum atomic E-state index is 0.301. The van der Waals surface area contributed by atoms with Crippen LogP contribution in [0.4, 0.5) is 11.5 Å². The Kier molecular flexibility index (Phi) is 5.49. The minimum absolute atomic E-state index is 0.301. The van der Waals surface area contributed by atoms with Gasteiger partial charge in [-0.05, 0) is 6.07 Å². The Balaban J connectivity index is 1.76. The molecule has 0 aliphatic rings. The van der Waals surface area contributed by atoms with Crippen LogP contribution in [0, 0.1) is 0 Å². The molecule has 0 aliphatic heterocycles. The Bertz CT molecular complexity index is 1090. The lowest BCUT2D eigenvalue weighted by atomic mass is 10.0. The molecule has 5 nitrogen and oxygen atoms in total. The minimum Gasteiger partial charge on any atom is -0.437 e. The molecule has 29 heavy (non-hydrogen) atoms. The molecule has 2 N–H and O–H groups in total. The normalized spacial score (nSPS) is 10.4. The van der Waals surface area contributed by atoms with E-state index in [1.54, 1.807) is 24.4 Å². The van der Waals surface area contributed by atoms with Crippen LogP contribution in [-0.2, 0) is 0 Å². The van der Waals surface area contributed by atoms with Gasteiger partial charge < -0.3 is 10.5 Å².